The lowest BCUT2D eigenvalue weighted by molar-refractivity contribution is 0.105. The quantitative estimate of drug-likeness (QED) is 0.509. The Balaban J connectivity index is 2.73. The van der Waals surface area contributed by atoms with E-state index in [4.69, 9.17) is 9.84 Å². The van der Waals surface area contributed by atoms with Gasteiger partial charge in [-0.05, 0) is 6.42 Å². The maximum absolute atomic E-state index is 9.31. The van der Waals surface area contributed by atoms with Crippen LogP contribution in [0.3, 0.4) is 0 Å². The van der Waals surface area contributed by atoms with Crippen molar-refractivity contribution in [2.24, 2.45) is 0 Å². The molecule has 7 nitrogen and oxygen atoms in total. The van der Waals surface area contributed by atoms with E-state index in [0.717, 1.165) is 13.0 Å². The highest BCUT2D eigenvalue weighted by Gasteiger charge is 2.06. The predicted molar refractivity (Wildman–Crippen MR) is 73.1 cm³/mol. The molecule has 1 atom stereocenters. The molecule has 0 saturated carbocycles. The van der Waals surface area contributed by atoms with Gasteiger partial charge in [0.15, 0.2) is 5.82 Å². The van der Waals surface area contributed by atoms with E-state index in [1.165, 1.54) is 0 Å². The Kier molecular flexibility index (Phi) is 7.09. The number of aliphatic hydroxyl groups excluding tert-OH is 2. The molecule has 7 heteroatoms. The normalized spacial score (nSPS) is 12.2. The number of ether oxygens (including phenoxy) is 1. The summed E-state index contributed by atoms with van der Waals surface area (Å²) in [6, 6.07) is 1.76. The van der Waals surface area contributed by atoms with Gasteiger partial charge in [0.25, 0.3) is 0 Å². The minimum absolute atomic E-state index is 0.229. The van der Waals surface area contributed by atoms with E-state index in [2.05, 4.69) is 27.5 Å². The lowest BCUT2D eigenvalue weighted by Crippen LogP contribution is -2.23. The molecule has 0 aliphatic heterocycles. The van der Waals surface area contributed by atoms with Crippen LogP contribution < -0.4 is 10.6 Å². The molecular formula is C12H22N4O3. The first-order valence-corrected chi connectivity index (χ1v) is 6.33. The van der Waals surface area contributed by atoms with Gasteiger partial charge >= 0.3 is 0 Å². The third-order valence-electron chi connectivity index (χ3n) is 2.33. The molecule has 1 heterocycles. The van der Waals surface area contributed by atoms with Crippen LogP contribution in [0.5, 0.6) is 0 Å². The van der Waals surface area contributed by atoms with Crippen LogP contribution in [0.25, 0.3) is 0 Å². The molecule has 0 aliphatic rings. The zero-order chi connectivity index (χ0) is 14.1. The second-order valence-electron chi connectivity index (χ2n) is 4.13. The van der Waals surface area contributed by atoms with Crippen LogP contribution in [0, 0.1) is 0 Å². The summed E-state index contributed by atoms with van der Waals surface area (Å²) < 4.78 is 5.02. The number of rotatable bonds is 9. The Morgan fingerprint density at radius 2 is 2.00 bits per heavy atom. The van der Waals surface area contributed by atoms with Gasteiger partial charge in [0, 0.05) is 26.3 Å². The van der Waals surface area contributed by atoms with Crippen LogP contribution in [-0.4, -0.2) is 53.1 Å². The maximum Gasteiger partial charge on any atom is 0.158 e. The van der Waals surface area contributed by atoms with Gasteiger partial charge in [0.05, 0.1) is 12.7 Å². The molecule has 0 fully saturated rings. The first-order chi connectivity index (χ1) is 9.19. The summed E-state index contributed by atoms with van der Waals surface area (Å²) in [6.45, 7) is 3.15. The first-order valence-electron chi connectivity index (χ1n) is 6.33. The lowest BCUT2D eigenvalue weighted by Gasteiger charge is -2.12. The number of nitrogens with one attached hydrogen (secondary N) is 2. The molecule has 1 aromatic heterocycles. The predicted octanol–water partition coefficient (Wildman–Crippen LogP) is 0.210. The summed E-state index contributed by atoms with van der Waals surface area (Å²) >= 11 is 0. The molecule has 0 aromatic carbocycles. The molecule has 108 valence electrons. The van der Waals surface area contributed by atoms with Crippen molar-refractivity contribution in [3.8, 4) is 0 Å². The van der Waals surface area contributed by atoms with Crippen LogP contribution in [0.4, 0.5) is 11.6 Å². The molecule has 19 heavy (non-hydrogen) atoms. The average Bonchev–Trinajstić information content (AvgIpc) is 2.42. The van der Waals surface area contributed by atoms with E-state index in [1.54, 1.807) is 13.2 Å². The maximum atomic E-state index is 9.31. The van der Waals surface area contributed by atoms with Gasteiger partial charge in [0.1, 0.15) is 18.2 Å². The van der Waals surface area contributed by atoms with Gasteiger partial charge < -0.3 is 25.6 Å². The highest BCUT2D eigenvalue weighted by molar-refractivity contribution is 5.47. The minimum Gasteiger partial charge on any atom is -0.394 e. The summed E-state index contributed by atoms with van der Waals surface area (Å²) in [5.41, 5.74) is 0. The van der Waals surface area contributed by atoms with Crippen molar-refractivity contribution in [3.05, 3.63) is 11.9 Å². The summed E-state index contributed by atoms with van der Waals surface area (Å²) in [5.74, 6) is 1.86. The second-order valence-corrected chi connectivity index (χ2v) is 4.13. The highest BCUT2D eigenvalue weighted by Crippen LogP contribution is 2.12. The molecule has 0 radical (unpaired) electrons. The summed E-state index contributed by atoms with van der Waals surface area (Å²) in [6.07, 6.45) is 0.183. The standard InChI is InChI=1S/C12H22N4O3/c1-3-4-13-10-5-11(14-6-9(18)7-17)16-12(15-10)8-19-2/h5,9,17-18H,3-4,6-8H2,1-2H3,(H2,13,14,15,16). The average molecular weight is 270 g/mol. The molecule has 0 aliphatic carbocycles. The number of hydrogen-bond donors (Lipinski definition) is 4. The Hall–Kier alpha value is -1.44. The smallest absolute Gasteiger partial charge is 0.158 e. The third-order valence-corrected chi connectivity index (χ3v) is 2.33. The van der Waals surface area contributed by atoms with Gasteiger partial charge in [-0.1, -0.05) is 6.92 Å². The van der Waals surface area contributed by atoms with E-state index in [9.17, 15) is 5.11 Å². The van der Waals surface area contributed by atoms with E-state index in [-0.39, 0.29) is 13.2 Å². The van der Waals surface area contributed by atoms with Crippen molar-refractivity contribution in [3.63, 3.8) is 0 Å². The third kappa shape index (κ3) is 5.82. The van der Waals surface area contributed by atoms with E-state index in [0.29, 0.717) is 24.1 Å². The fourth-order valence-electron chi connectivity index (χ4n) is 1.41. The van der Waals surface area contributed by atoms with Crippen molar-refractivity contribution in [2.45, 2.75) is 26.1 Å². The van der Waals surface area contributed by atoms with E-state index >= 15 is 0 Å². The Morgan fingerprint density at radius 3 is 2.58 bits per heavy atom. The Morgan fingerprint density at radius 1 is 1.32 bits per heavy atom. The topological polar surface area (TPSA) is 99.5 Å². The van der Waals surface area contributed by atoms with Crippen molar-refractivity contribution < 1.29 is 14.9 Å². The molecular weight excluding hydrogens is 248 g/mol. The van der Waals surface area contributed by atoms with Crippen molar-refractivity contribution in [1.29, 1.82) is 0 Å². The van der Waals surface area contributed by atoms with Gasteiger partial charge in [-0.25, -0.2) is 9.97 Å². The Labute approximate surface area is 113 Å². The lowest BCUT2D eigenvalue weighted by atomic mass is 10.3. The van der Waals surface area contributed by atoms with Crippen molar-refractivity contribution >= 4 is 11.6 Å². The molecule has 1 aromatic rings. The largest absolute Gasteiger partial charge is 0.394 e. The molecule has 0 saturated heterocycles. The molecule has 1 unspecified atom stereocenters. The molecule has 4 N–H and O–H groups in total. The fraction of sp³-hybridized carbons (Fsp3) is 0.667. The van der Waals surface area contributed by atoms with Gasteiger partial charge in [-0.2, -0.15) is 0 Å². The molecule has 0 bridgehead atoms. The zero-order valence-corrected chi connectivity index (χ0v) is 11.4. The number of aliphatic hydroxyl groups is 2. The monoisotopic (exact) mass is 270 g/mol. The van der Waals surface area contributed by atoms with Crippen LogP contribution in [0.1, 0.15) is 19.2 Å². The number of aromatic nitrogens is 2. The zero-order valence-electron chi connectivity index (χ0n) is 11.4. The first kappa shape index (κ1) is 15.6. The van der Waals surface area contributed by atoms with Crippen LogP contribution in [0.2, 0.25) is 0 Å². The molecule has 0 amide bonds. The minimum atomic E-state index is -0.812. The highest BCUT2D eigenvalue weighted by atomic mass is 16.5. The van der Waals surface area contributed by atoms with Crippen molar-refractivity contribution in [2.75, 3.05) is 37.4 Å². The van der Waals surface area contributed by atoms with Gasteiger partial charge in [-0.3, -0.25) is 0 Å². The van der Waals surface area contributed by atoms with Crippen LogP contribution >= 0.6 is 0 Å². The van der Waals surface area contributed by atoms with E-state index < -0.39 is 6.10 Å². The number of hydrogen-bond acceptors (Lipinski definition) is 7. The second kappa shape index (κ2) is 8.63. The fourth-order valence-corrected chi connectivity index (χ4v) is 1.41. The summed E-state index contributed by atoms with van der Waals surface area (Å²) in [4.78, 5) is 8.57. The molecule has 0 spiro atoms. The number of nitrogens with zero attached hydrogens (tertiary/aromatic N) is 2. The van der Waals surface area contributed by atoms with Crippen LogP contribution in [-0.2, 0) is 11.3 Å². The SMILES string of the molecule is CCCNc1cc(NCC(O)CO)nc(COC)n1. The summed E-state index contributed by atoms with van der Waals surface area (Å²) in [5, 5.41) is 24.2. The van der Waals surface area contributed by atoms with Crippen LogP contribution in [0.15, 0.2) is 6.07 Å². The Bertz CT molecular complexity index is 376. The number of methoxy groups -OCH3 is 1. The number of anilines is 2. The van der Waals surface area contributed by atoms with E-state index in [1.807, 2.05) is 0 Å². The molecule has 1 rings (SSSR count). The van der Waals surface area contributed by atoms with Gasteiger partial charge in [0.2, 0.25) is 0 Å². The summed E-state index contributed by atoms with van der Waals surface area (Å²) in [7, 11) is 1.58. The van der Waals surface area contributed by atoms with Crippen molar-refractivity contribution in [1.82, 2.24) is 9.97 Å². The van der Waals surface area contributed by atoms with Gasteiger partial charge in [-0.15, -0.1) is 0 Å².